The Balaban J connectivity index is 2.18. The van der Waals surface area contributed by atoms with Gasteiger partial charge in [0.2, 0.25) is 0 Å². The zero-order valence-corrected chi connectivity index (χ0v) is 11.3. The molecule has 0 N–H and O–H groups in total. The molecule has 0 spiro atoms. The van der Waals surface area contributed by atoms with E-state index in [1.54, 1.807) is 49.4 Å². The Kier molecular flexibility index (Phi) is 4.15. The fraction of sp³-hybridized carbons (Fsp3) is 0.125. The minimum atomic E-state index is -0.431. The van der Waals surface area contributed by atoms with Crippen LogP contribution in [0.3, 0.4) is 0 Å². The molecule has 0 saturated carbocycles. The number of carbonyl (C=O) groups is 2. The summed E-state index contributed by atoms with van der Waals surface area (Å²) in [6, 6.07) is 13.5. The summed E-state index contributed by atoms with van der Waals surface area (Å²) in [5, 5.41) is 0. The van der Waals surface area contributed by atoms with Crippen molar-refractivity contribution in [1.82, 2.24) is 0 Å². The van der Waals surface area contributed by atoms with Gasteiger partial charge in [-0.3, -0.25) is 0 Å². The van der Waals surface area contributed by atoms with E-state index in [1.807, 2.05) is 6.07 Å². The van der Waals surface area contributed by atoms with E-state index < -0.39 is 11.9 Å². The molecule has 2 rings (SSSR count). The van der Waals surface area contributed by atoms with Crippen molar-refractivity contribution >= 4 is 11.9 Å². The van der Waals surface area contributed by atoms with Crippen LogP contribution in [0.2, 0.25) is 0 Å². The Bertz CT molecular complexity index is 632. The number of rotatable bonds is 3. The number of methoxy groups -OCH3 is 1. The zero-order valence-electron chi connectivity index (χ0n) is 11.3. The summed E-state index contributed by atoms with van der Waals surface area (Å²) >= 11 is 0. The van der Waals surface area contributed by atoms with Crippen LogP contribution in [0, 0.1) is 6.92 Å². The molecule has 0 fully saturated rings. The lowest BCUT2D eigenvalue weighted by atomic mass is 10.1. The highest BCUT2D eigenvalue weighted by atomic mass is 16.5. The monoisotopic (exact) mass is 270 g/mol. The van der Waals surface area contributed by atoms with Gasteiger partial charge >= 0.3 is 11.9 Å². The molecule has 0 aliphatic carbocycles. The molecule has 4 nitrogen and oxygen atoms in total. The first-order valence-electron chi connectivity index (χ1n) is 6.08. The van der Waals surface area contributed by atoms with Crippen LogP contribution >= 0.6 is 0 Å². The molecular formula is C16H14O4. The summed E-state index contributed by atoms with van der Waals surface area (Å²) in [6.45, 7) is 1.76. The van der Waals surface area contributed by atoms with Gasteiger partial charge in [-0.05, 0) is 42.8 Å². The van der Waals surface area contributed by atoms with Crippen LogP contribution < -0.4 is 4.74 Å². The van der Waals surface area contributed by atoms with Gasteiger partial charge in [0.25, 0.3) is 0 Å². The van der Waals surface area contributed by atoms with Gasteiger partial charge in [0.15, 0.2) is 0 Å². The van der Waals surface area contributed by atoms with Crippen molar-refractivity contribution in [2.45, 2.75) is 6.92 Å². The first-order chi connectivity index (χ1) is 9.61. The van der Waals surface area contributed by atoms with Crippen molar-refractivity contribution in [2.75, 3.05) is 7.11 Å². The number of benzene rings is 2. The average Bonchev–Trinajstić information content (AvgIpc) is 2.49. The second-order valence-corrected chi connectivity index (χ2v) is 4.23. The van der Waals surface area contributed by atoms with E-state index >= 15 is 0 Å². The molecule has 0 aromatic heterocycles. The Labute approximate surface area is 116 Å². The standard InChI is InChI=1S/C16H14O4/c1-11-10-13(15(17)19-2)8-9-14(11)20-16(18)12-6-4-3-5-7-12/h3-10H,1-2H3. The largest absolute Gasteiger partial charge is 0.465 e. The van der Waals surface area contributed by atoms with E-state index in [4.69, 9.17) is 4.74 Å². The van der Waals surface area contributed by atoms with E-state index in [9.17, 15) is 9.59 Å². The Morgan fingerprint density at radius 1 is 0.900 bits per heavy atom. The molecule has 0 bridgehead atoms. The number of carbonyl (C=O) groups excluding carboxylic acids is 2. The predicted molar refractivity (Wildman–Crippen MR) is 73.9 cm³/mol. The molecule has 20 heavy (non-hydrogen) atoms. The molecule has 0 unspecified atom stereocenters. The first-order valence-corrected chi connectivity index (χ1v) is 6.08. The number of hydrogen-bond acceptors (Lipinski definition) is 4. The number of esters is 2. The van der Waals surface area contributed by atoms with Gasteiger partial charge in [-0.25, -0.2) is 9.59 Å². The molecule has 0 saturated heterocycles. The molecule has 4 heteroatoms. The molecule has 0 radical (unpaired) electrons. The maximum atomic E-state index is 11.9. The van der Waals surface area contributed by atoms with Crippen molar-refractivity contribution in [2.24, 2.45) is 0 Å². The SMILES string of the molecule is COC(=O)c1ccc(OC(=O)c2ccccc2)c(C)c1. The summed E-state index contributed by atoms with van der Waals surface area (Å²) in [6.07, 6.45) is 0. The van der Waals surface area contributed by atoms with Crippen LogP contribution in [-0.4, -0.2) is 19.0 Å². The fourth-order valence-electron chi connectivity index (χ4n) is 1.74. The summed E-state index contributed by atoms with van der Waals surface area (Å²) in [7, 11) is 1.32. The minimum absolute atomic E-state index is 0.421. The van der Waals surface area contributed by atoms with Crippen LogP contribution in [0.1, 0.15) is 26.3 Å². The normalized spacial score (nSPS) is 9.90. The highest BCUT2D eigenvalue weighted by Gasteiger charge is 2.12. The van der Waals surface area contributed by atoms with E-state index in [2.05, 4.69) is 4.74 Å². The molecule has 2 aromatic rings. The average molecular weight is 270 g/mol. The van der Waals surface area contributed by atoms with Crippen LogP contribution in [0.5, 0.6) is 5.75 Å². The van der Waals surface area contributed by atoms with Gasteiger partial charge in [-0.1, -0.05) is 18.2 Å². The van der Waals surface area contributed by atoms with E-state index in [-0.39, 0.29) is 0 Å². The highest BCUT2D eigenvalue weighted by molar-refractivity contribution is 5.92. The van der Waals surface area contributed by atoms with Crippen molar-refractivity contribution in [1.29, 1.82) is 0 Å². The van der Waals surface area contributed by atoms with E-state index in [1.165, 1.54) is 7.11 Å². The minimum Gasteiger partial charge on any atom is -0.465 e. The molecule has 0 atom stereocenters. The molecule has 102 valence electrons. The fourth-order valence-corrected chi connectivity index (χ4v) is 1.74. The van der Waals surface area contributed by atoms with Gasteiger partial charge in [0, 0.05) is 0 Å². The van der Waals surface area contributed by atoms with E-state index in [0.717, 1.165) is 0 Å². The quantitative estimate of drug-likeness (QED) is 0.635. The summed E-state index contributed by atoms with van der Waals surface area (Å²) in [5.74, 6) is -0.430. The Morgan fingerprint density at radius 2 is 1.60 bits per heavy atom. The van der Waals surface area contributed by atoms with Crippen molar-refractivity contribution in [3.63, 3.8) is 0 Å². The van der Waals surface area contributed by atoms with Crippen LogP contribution in [0.4, 0.5) is 0 Å². The van der Waals surface area contributed by atoms with Gasteiger partial charge in [0.05, 0.1) is 18.2 Å². The lowest BCUT2D eigenvalue weighted by Crippen LogP contribution is -2.09. The zero-order chi connectivity index (χ0) is 14.5. The summed E-state index contributed by atoms with van der Waals surface area (Å²) < 4.78 is 9.94. The first kappa shape index (κ1) is 13.8. The second kappa shape index (κ2) is 6.02. The molecule has 2 aromatic carbocycles. The third kappa shape index (κ3) is 3.03. The molecule has 0 heterocycles. The molecule has 0 amide bonds. The van der Waals surface area contributed by atoms with Crippen LogP contribution in [-0.2, 0) is 4.74 Å². The number of aryl methyl sites for hydroxylation is 1. The lowest BCUT2D eigenvalue weighted by molar-refractivity contribution is 0.0600. The molecule has 0 aliphatic rings. The van der Waals surface area contributed by atoms with E-state index in [0.29, 0.717) is 22.4 Å². The van der Waals surface area contributed by atoms with Crippen LogP contribution in [0.15, 0.2) is 48.5 Å². The molecular weight excluding hydrogens is 256 g/mol. The number of ether oxygens (including phenoxy) is 2. The summed E-state index contributed by atoms with van der Waals surface area (Å²) in [4.78, 5) is 23.3. The van der Waals surface area contributed by atoms with Crippen LogP contribution in [0.25, 0.3) is 0 Å². The smallest absolute Gasteiger partial charge is 0.343 e. The molecule has 0 aliphatic heterocycles. The summed E-state index contributed by atoms with van der Waals surface area (Å²) in [5.41, 5.74) is 1.59. The van der Waals surface area contributed by atoms with Gasteiger partial charge in [-0.2, -0.15) is 0 Å². The van der Waals surface area contributed by atoms with Crippen molar-refractivity contribution in [3.8, 4) is 5.75 Å². The van der Waals surface area contributed by atoms with Gasteiger partial charge in [-0.15, -0.1) is 0 Å². The van der Waals surface area contributed by atoms with Gasteiger partial charge < -0.3 is 9.47 Å². The van der Waals surface area contributed by atoms with Crippen molar-refractivity contribution < 1.29 is 19.1 Å². The van der Waals surface area contributed by atoms with Gasteiger partial charge in [0.1, 0.15) is 5.75 Å². The number of hydrogen-bond donors (Lipinski definition) is 0. The predicted octanol–water partition coefficient (Wildman–Crippen LogP) is 3.00. The maximum Gasteiger partial charge on any atom is 0.343 e. The van der Waals surface area contributed by atoms with Crippen molar-refractivity contribution in [3.05, 3.63) is 65.2 Å². The third-order valence-electron chi connectivity index (χ3n) is 2.81. The Morgan fingerprint density at radius 3 is 2.20 bits per heavy atom. The lowest BCUT2D eigenvalue weighted by Gasteiger charge is -2.08. The Hall–Kier alpha value is -2.62. The highest BCUT2D eigenvalue weighted by Crippen LogP contribution is 2.20. The topological polar surface area (TPSA) is 52.6 Å². The third-order valence-corrected chi connectivity index (χ3v) is 2.81. The second-order valence-electron chi connectivity index (χ2n) is 4.23. The maximum absolute atomic E-state index is 11.9.